The third kappa shape index (κ3) is 2.80. The second-order valence-corrected chi connectivity index (χ2v) is 3.28. The van der Waals surface area contributed by atoms with Crippen LogP contribution in [0.15, 0.2) is 23.8 Å². The molecule has 12 heavy (non-hydrogen) atoms. The SMILES string of the molecule is C=C(C)[C@H](O)CCC1=CCOC1. The van der Waals surface area contributed by atoms with E-state index in [4.69, 9.17) is 4.74 Å². The molecule has 0 amide bonds. The Morgan fingerprint density at radius 2 is 2.58 bits per heavy atom. The van der Waals surface area contributed by atoms with Crippen molar-refractivity contribution < 1.29 is 9.84 Å². The Morgan fingerprint density at radius 1 is 1.83 bits per heavy atom. The van der Waals surface area contributed by atoms with Crippen molar-refractivity contribution in [1.82, 2.24) is 0 Å². The van der Waals surface area contributed by atoms with E-state index in [-0.39, 0.29) is 6.10 Å². The van der Waals surface area contributed by atoms with Gasteiger partial charge in [0.2, 0.25) is 0 Å². The Kier molecular flexibility index (Phi) is 3.50. The fourth-order valence-corrected chi connectivity index (χ4v) is 1.17. The maximum absolute atomic E-state index is 9.42. The summed E-state index contributed by atoms with van der Waals surface area (Å²) in [4.78, 5) is 0. The van der Waals surface area contributed by atoms with Gasteiger partial charge in [-0.3, -0.25) is 0 Å². The maximum Gasteiger partial charge on any atom is 0.0747 e. The van der Waals surface area contributed by atoms with Gasteiger partial charge in [0.25, 0.3) is 0 Å². The lowest BCUT2D eigenvalue weighted by Crippen LogP contribution is -2.07. The summed E-state index contributed by atoms with van der Waals surface area (Å²) < 4.78 is 5.15. The molecule has 0 unspecified atom stereocenters. The van der Waals surface area contributed by atoms with Crippen LogP contribution in [0.1, 0.15) is 19.8 Å². The molecule has 0 bridgehead atoms. The smallest absolute Gasteiger partial charge is 0.0747 e. The standard InChI is InChI=1S/C10H16O2/c1-8(2)10(11)4-3-9-5-6-12-7-9/h5,10-11H,1,3-4,6-7H2,2H3/t10-/m1/s1. The van der Waals surface area contributed by atoms with Crippen molar-refractivity contribution >= 4 is 0 Å². The number of aliphatic hydroxyl groups is 1. The minimum absolute atomic E-state index is 0.355. The van der Waals surface area contributed by atoms with Gasteiger partial charge < -0.3 is 9.84 Å². The van der Waals surface area contributed by atoms with Crippen LogP contribution < -0.4 is 0 Å². The first-order valence-electron chi connectivity index (χ1n) is 4.29. The lowest BCUT2D eigenvalue weighted by atomic mass is 10.0. The largest absolute Gasteiger partial charge is 0.389 e. The molecule has 0 radical (unpaired) electrons. The van der Waals surface area contributed by atoms with Gasteiger partial charge >= 0.3 is 0 Å². The summed E-state index contributed by atoms with van der Waals surface area (Å²) in [7, 11) is 0. The van der Waals surface area contributed by atoms with Gasteiger partial charge in [-0.05, 0) is 25.3 Å². The Bertz CT molecular complexity index is 194. The van der Waals surface area contributed by atoms with E-state index in [1.807, 2.05) is 6.92 Å². The van der Waals surface area contributed by atoms with E-state index in [2.05, 4.69) is 12.7 Å². The van der Waals surface area contributed by atoms with Crippen molar-refractivity contribution in [1.29, 1.82) is 0 Å². The molecule has 0 aliphatic carbocycles. The van der Waals surface area contributed by atoms with Gasteiger partial charge in [0.1, 0.15) is 0 Å². The monoisotopic (exact) mass is 168 g/mol. The van der Waals surface area contributed by atoms with E-state index >= 15 is 0 Å². The third-order valence-corrected chi connectivity index (χ3v) is 2.09. The molecule has 1 rings (SSSR count). The molecule has 0 fully saturated rings. The highest BCUT2D eigenvalue weighted by Crippen LogP contribution is 2.15. The van der Waals surface area contributed by atoms with Gasteiger partial charge in [-0.15, -0.1) is 0 Å². The Labute approximate surface area is 73.5 Å². The Balaban J connectivity index is 2.20. The lowest BCUT2D eigenvalue weighted by molar-refractivity contribution is 0.191. The molecular formula is C10H16O2. The Morgan fingerprint density at radius 3 is 3.08 bits per heavy atom. The average Bonchev–Trinajstić information content (AvgIpc) is 2.51. The summed E-state index contributed by atoms with van der Waals surface area (Å²) in [6.45, 7) is 7.02. The topological polar surface area (TPSA) is 29.5 Å². The van der Waals surface area contributed by atoms with E-state index in [0.29, 0.717) is 0 Å². The zero-order chi connectivity index (χ0) is 8.97. The van der Waals surface area contributed by atoms with E-state index in [9.17, 15) is 5.11 Å². The van der Waals surface area contributed by atoms with Crippen LogP contribution in [0, 0.1) is 0 Å². The van der Waals surface area contributed by atoms with Gasteiger partial charge in [0.15, 0.2) is 0 Å². The van der Waals surface area contributed by atoms with Crippen LogP contribution in [0.5, 0.6) is 0 Å². The minimum Gasteiger partial charge on any atom is -0.389 e. The van der Waals surface area contributed by atoms with Crippen LogP contribution in [0.3, 0.4) is 0 Å². The highest BCUT2D eigenvalue weighted by Gasteiger charge is 2.08. The van der Waals surface area contributed by atoms with Gasteiger partial charge in [0, 0.05) is 0 Å². The summed E-state index contributed by atoms with van der Waals surface area (Å²) in [5.74, 6) is 0. The molecule has 68 valence electrons. The van der Waals surface area contributed by atoms with Crippen LogP contribution >= 0.6 is 0 Å². The van der Waals surface area contributed by atoms with Gasteiger partial charge in [-0.2, -0.15) is 0 Å². The van der Waals surface area contributed by atoms with Crippen molar-refractivity contribution in [3.63, 3.8) is 0 Å². The van der Waals surface area contributed by atoms with E-state index in [1.54, 1.807) is 0 Å². The van der Waals surface area contributed by atoms with Crippen molar-refractivity contribution in [2.75, 3.05) is 13.2 Å². The van der Waals surface area contributed by atoms with Crippen molar-refractivity contribution in [3.05, 3.63) is 23.8 Å². The molecule has 2 nitrogen and oxygen atoms in total. The number of hydrogen-bond acceptors (Lipinski definition) is 2. The van der Waals surface area contributed by atoms with Gasteiger partial charge in [-0.25, -0.2) is 0 Å². The molecule has 0 saturated heterocycles. The maximum atomic E-state index is 9.42. The normalized spacial score (nSPS) is 19.0. The molecule has 0 aromatic carbocycles. The molecule has 0 saturated carbocycles. The molecule has 0 aromatic heterocycles. The molecular weight excluding hydrogens is 152 g/mol. The Hall–Kier alpha value is -0.600. The molecule has 2 heteroatoms. The number of ether oxygens (including phenoxy) is 1. The predicted molar refractivity (Wildman–Crippen MR) is 49.0 cm³/mol. The summed E-state index contributed by atoms with van der Waals surface area (Å²) >= 11 is 0. The second-order valence-electron chi connectivity index (χ2n) is 3.28. The molecule has 1 heterocycles. The van der Waals surface area contributed by atoms with Gasteiger partial charge in [0.05, 0.1) is 19.3 Å². The summed E-state index contributed by atoms with van der Waals surface area (Å²) in [6, 6.07) is 0. The predicted octanol–water partition coefficient (Wildman–Crippen LogP) is 1.66. The van der Waals surface area contributed by atoms with Crippen LogP contribution in [0.2, 0.25) is 0 Å². The first-order chi connectivity index (χ1) is 5.70. The highest BCUT2D eigenvalue weighted by atomic mass is 16.5. The quantitative estimate of drug-likeness (QED) is 0.647. The van der Waals surface area contributed by atoms with Crippen LogP contribution in [-0.2, 0) is 4.74 Å². The van der Waals surface area contributed by atoms with Crippen LogP contribution in [0.4, 0.5) is 0 Å². The van der Waals surface area contributed by atoms with Crippen molar-refractivity contribution in [3.8, 4) is 0 Å². The van der Waals surface area contributed by atoms with Crippen LogP contribution in [0.25, 0.3) is 0 Å². The molecule has 1 atom stereocenters. The minimum atomic E-state index is -0.355. The van der Waals surface area contributed by atoms with E-state index in [0.717, 1.165) is 31.6 Å². The zero-order valence-electron chi connectivity index (χ0n) is 7.55. The number of aliphatic hydroxyl groups excluding tert-OH is 1. The molecule has 1 N–H and O–H groups in total. The fraction of sp³-hybridized carbons (Fsp3) is 0.600. The summed E-state index contributed by atoms with van der Waals surface area (Å²) in [6.07, 6.45) is 3.43. The van der Waals surface area contributed by atoms with Crippen molar-refractivity contribution in [2.45, 2.75) is 25.9 Å². The first kappa shape index (κ1) is 9.49. The number of hydrogen-bond donors (Lipinski definition) is 1. The van der Waals surface area contributed by atoms with Gasteiger partial charge in [-0.1, -0.05) is 18.2 Å². The lowest BCUT2D eigenvalue weighted by Gasteiger charge is -2.09. The van der Waals surface area contributed by atoms with E-state index in [1.165, 1.54) is 5.57 Å². The molecule has 0 aromatic rings. The molecule has 1 aliphatic rings. The van der Waals surface area contributed by atoms with E-state index < -0.39 is 0 Å². The fourth-order valence-electron chi connectivity index (χ4n) is 1.17. The second kappa shape index (κ2) is 4.43. The zero-order valence-corrected chi connectivity index (χ0v) is 7.55. The summed E-state index contributed by atoms with van der Waals surface area (Å²) in [5.41, 5.74) is 2.14. The average molecular weight is 168 g/mol. The third-order valence-electron chi connectivity index (χ3n) is 2.09. The highest BCUT2D eigenvalue weighted by molar-refractivity contribution is 5.08. The van der Waals surface area contributed by atoms with Crippen LogP contribution in [-0.4, -0.2) is 24.4 Å². The number of rotatable bonds is 4. The molecule has 0 spiro atoms. The molecule has 1 aliphatic heterocycles. The first-order valence-corrected chi connectivity index (χ1v) is 4.29. The summed E-state index contributed by atoms with van der Waals surface area (Å²) in [5, 5.41) is 9.42. The van der Waals surface area contributed by atoms with Crippen molar-refractivity contribution in [2.24, 2.45) is 0 Å².